The van der Waals surface area contributed by atoms with E-state index in [1.807, 2.05) is 16.9 Å². The van der Waals surface area contributed by atoms with Crippen LogP contribution in [0.25, 0.3) is 5.70 Å². The van der Waals surface area contributed by atoms with Crippen molar-refractivity contribution in [3.63, 3.8) is 0 Å². The Hall–Kier alpha value is -2.63. The molecule has 1 aromatic carbocycles. The first kappa shape index (κ1) is 23.7. The van der Waals surface area contributed by atoms with Crippen LogP contribution in [-0.4, -0.2) is 82.7 Å². The zero-order valence-corrected chi connectivity index (χ0v) is 21.8. The number of aromatic nitrogens is 3. The average molecular weight is 514 g/mol. The topological polar surface area (TPSA) is 95.8 Å². The van der Waals surface area contributed by atoms with Gasteiger partial charge in [-0.1, -0.05) is 0 Å². The number of fused-ring (bicyclic) bond motifs is 3. The molecule has 4 aliphatic rings. The maximum Gasteiger partial charge on any atom is 0.243 e. The molecule has 4 aliphatic heterocycles. The molecule has 2 atom stereocenters. The van der Waals surface area contributed by atoms with Gasteiger partial charge in [0.15, 0.2) is 5.82 Å². The Labute approximate surface area is 213 Å². The maximum absolute atomic E-state index is 13.9. The molecule has 2 fully saturated rings. The SMILES string of the molecule is CC(C)n1ncnc1C1=CN2CCOc3ccc(S(=O)(=O)N4CCC[C@H]4CN4CCCC4)cc3C2N1. The minimum Gasteiger partial charge on any atom is -0.491 e. The predicted octanol–water partition coefficient (Wildman–Crippen LogP) is 2.40. The summed E-state index contributed by atoms with van der Waals surface area (Å²) >= 11 is 0. The van der Waals surface area contributed by atoms with E-state index in [1.165, 1.54) is 12.8 Å². The van der Waals surface area contributed by atoms with E-state index >= 15 is 0 Å². The van der Waals surface area contributed by atoms with Crippen LogP contribution in [0.15, 0.2) is 35.6 Å². The van der Waals surface area contributed by atoms with Gasteiger partial charge in [0.25, 0.3) is 0 Å². The molecule has 0 amide bonds. The number of benzene rings is 1. The molecule has 1 aromatic heterocycles. The van der Waals surface area contributed by atoms with Gasteiger partial charge in [-0.15, -0.1) is 0 Å². The van der Waals surface area contributed by atoms with Crippen LogP contribution in [0.4, 0.5) is 0 Å². The Balaban J connectivity index is 1.29. The third-order valence-electron chi connectivity index (χ3n) is 7.70. The van der Waals surface area contributed by atoms with Gasteiger partial charge in [0.05, 0.1) is 17.1 Å². The van der Waals surface area contributed by atoms with Crippen LogP contribution >= 0.6 is 0 Å². The van der Waals surface area contributed by atoms with Gasteiger partial charge in [0.2, 0.25) is 10.0 Å². The van der Waals surface area contributed by atoms with Gasteiger partial charge in [-0.2, -0.15) is 9.40 Å². The molecule has 0 bridgehead atoms. The smallest absolute Gasteiger partial charge is 0.243 e. The predicted molar refractivity (Wildman–Crippen MR) is 135 cm³/mol. The number of sulfonamides is 1. The third kappa shape index (κ3) is 4.16. The van der Waals surface area contributed by atoms with Crippen molar-refractivity contribution in [2.24, 2.45) is 0 Å². The van der Waals surface area contributed by atoms with E-state index in [0.717, 1.165) is 49.6 Å². The maximum atomic E-state index is 13.9. The zero-order valence-electron chi connectivity index (χ0n) is 21.0. The highest BCUT2D eigenvalue weighted by Crippen LogP contribution is 2.38. The van der Waals surface area contributed by atoms with Crippen molar-refractivity contribution in [1.29, 1.82) is 0 Å². The largest absolute Gasteiger partial charge is 0.491 e. The standard InChI is InChI=1S/C25H35N7O3S/c1-18(2)32-25(26-17-27-32)22-16-30-12-13-35-23-8-7-20(14-21(23)24(30)28-22)36(33,34)31-11-5-6-19(31)15-29-9-3-4-10-29/h7-8,14,16-19,24,28H,3-6,9-13,15H2,1-2H3/t19-,24?/m0/s1. The second kappa shape index (κ2) is 9.35. The monoisotopic (exact) mass is 513 g/mol. The number of nitrogens with one attached hydrogen (secondary N) is 1. The first-order chi connectivity index (χ1) is 17.4. The van der Waals surface area contributed by atoms with Gasteiger partial charge in [-0.3, -0.25) is 0 Å². The van der Waals surface area contributed by atoms with Crippen LogP contribution in [-0.2, 0) is 10.0 Å². The molecular formula is C25H35N7O3S. The molecule has 11 heteroatoms. The molecule has 6 rings (SSSR count). The molecule has 2 aromatic rings. The van der Waals surface area contributed by atoms with E-state index in [9.17, 15) is 8.42 Å². The van der Waals surface area contributed by atoms with Crippen molar-refractivity contribution in [3.05, 3.63) is 42.1 Å². The van der Waals surface area contributed by atoms with E-state index in [0.29, 0.717) is 30.3 Å². The fourth-order valence-electron chi connectivity index (χ4n) is 5.90. The molecule has 2 saturated heterocycles. The summed E-state index contributed by atoms with van der Waals surface area (Å²) in [5, 5.41) is 7.93. The summed E-state index contributed by atoms with van der Waals surface area (Å²) in [4.78, 5) is 9.37. The number of nitrogens with zero attached hydrogens (tertiary/aromatic N) is 6. The number of ether oxygens (including phenoxy) is 1. The lowest BCUT2D eigenvalue weighted by atomic mass is 10.1. The Morgan fingerprint density at radius 3 is 2.78 bits per heavy atom. The molecule has 36 heavy (non-hydrogen) atoms. The molecule has 194 valence electrons. The molecule has 0 spiro atoms. The second-order valence-corrected chi connectivity index (χ2v) is 12.3. The number of hydrogen-bond donors (Lipinski definition) is 1. The van der Waals surface area contributed by atoms with Crippen LogP contribution in [0.1, 0.15) is 63.1 Å². The van der Waals surface area contributed by atoms with Crippen LogP contribution in [0, 0.1) is 0 Å². The Morgan fingerprint density at radius 2 is 1.97 bits per heavy atom. The summed E-state index contributed by atoms with van der Waals surface area (Å²) in [7, 11) is -3.62. The van der Waals surface area contributed by atoms with Crippen LogP contribution in [0.5, 0.6) is 5.75 Å². The highest BCUT2D eigenvalue weighted by atomic mass is 32.2. The molecular weight excluding hydrogens is 478 g/mol. The van der Waals surface area contributed by atoms with Gasteiger partial charge in [-0.05, 0) is 70.8 Å². The number of hydrogen-bond acceptors (Lipinski definition) is 8. The Bertz CT molecular complexity index is 1250. The summed E-state index contributed by atoms with van der Waals surface area (Å²) in [6.45, 7) is 8.89. The normalized spacial score (nSPS) is 24.9. The molecule has 1 unspecified atom stereocenters. The Kier molecular flexibility index (Phi) is 6.17. The molecule has 10 nitrogen and oxygen atoms in total. The highest BCUT2D eigenvalue weighted by Gasteiger charge is 2.38. The first-order valence-electron chi connectivity index (χ1n) is 13.1. The van der Waals surface area contributed by atoms with E-state index in [2.05, 4.69) is 39.0 Å². The highest BCUT2D eigenvalue weighted by molar-refractivity contribution is 7.89. The van der Waals surface area contributed by atoms with Crippen LogP contribution in [0.3, 0.4) is 0 Å². The van der Waals surface area contributed by atoms with Crippen LogP contribution < -0.4 is 10.1 Å². The van der Waals surface area contributed by atoms with E-state index in [4.69, 9.17) is 4.74 Å². The summed E-state index contributed by atoms with van der Waals surface area (Å²) < 4.78 is 37.3. The molecule has 0 radical (unpaired) electrons. The fraction of sp³-hybridized carbons (Fsp3) is 0.600. The summed E-state index contributed by atoms with van der Waals surface area (Å²) in [6, 6.07) is 5.53. The average Bonchev–Trinajstić information content (AvgIpc) is 3.65. The lowest BCUT2D eigenvalue weighted by molar-refractivity contribution is 0.248. The van der Waals surface area contributed by atoms with Crippen molar-refractivity contribution < 1.29 is 13.2 Å². The summed E-state index contributed by atoms with van der Waals surface area (Å²) in [6.07, 6.45) is 7.62. The summed E-state index contributed by atoms with van der Waals surface area (Å²) in [5.74, 6) is 1.48. The molecule has 0 aliphatic carbocycles. The van der Waals surface area contributed by atoms with Gasteiger partial charge >= 0.3 is 0 Å². The van der Waals surface area contributed by atoms with Crippen molar-refractivity contribution in [2.75, 3.05) is 39.3 Å². The molecule has 5 heterocycles. The summed E-state index contributed by atoms with van der Waals surface area (Å²) in [5.41, 5.74) is 1.70. The van der Waals surface area contributed by atoms with E-state index in [1.54, 1.807) is 22.8 Å². The minimum absolute atomic E-state index is 0.0416. The third-order valence-corrected chi connectivity index (χ3v) is 9.65. The number of likely N-dealkylation sites (tertiary alicyclic amines) is 1. The minimum atomic E-state index is -3.62. The molecule has 1 N–H and O–H groups in total. The van der Waals surface area contributed by atoms with Gasteiger partial charge in [0, 0.05) is 36.9 Å². The lowest BCUT2D eigenvalue weighted by Gasteiger charge is -2.28. The van der Waals surface area contributed by atoms with Gasteiger partial charge in [0.1, 0.15) is 24.8 Å². The Morgan fingerprint density at radius 1 is 1.14 bits per heavy atom. The quantitative estimate of drug-likeness (QED) is 0.629. The fourth-order valence-corrected chi connectivity index (χ4v) is 7.62. The van der Waals surface area contributed by atoms with E-state index in [-0.39, 0.29) is 18.2 Å². The van der Waals surface area contributed by atoms with Crippen LogP contribution in [0.2, 0.25) is 0 Å². The number of rotatable bonds is 6. The van der Waals surface area contributed by atoms with E-state index < -0.39 is 10.0 Å². The lowest BCUT2D eigenvalue weighted by Crippen LogP contribution is -2.42. The second-order valence-electron chi connectivity index (χ2n) is 10.4. The first-order valence-corrected chi connectivity index (χ1v) is 14.5. The van der Waals surface area contributed by atoms with Crippen molar-refractivity contribution in [1.82, 2.24) is 34.2 Å². The van der Waals surface area contributed by atoms with Crippen molar-refractivity contribution in [3.8, 4) is 5.75 Å². The van der Waals surface area contributed by atoms with Gasteiger partial charge < -0.3 is 19.9 Å². The molecule has 0 saturated carbocycles. The van der Waals surface area contributed by atoms with Gasteiger partial charge in [-0.25, -0.2) is 18.1 Å². The van der Waals surface area contributed by atoms with Crippen molar-refractivity contribution in [2.45, 2.75) is 62.7 Å². The zero-order chi connectivity index (χ0) is 24.9. The van der Waals surface area contributed by atoms with Crippen molar-refractivity contribution >= 4 is 15.7 Å².